The molecule has 1 rings (SSSR count). The molecule has 4 N–H and O–H groups in total. The number of imide groups is 1. The first kappa shape index (κ1) is 19.5. The summed E-state index contributed by atoms with van der Waals surface area (Å²) in [6.07, 6.45) is 0.612. The van der Waals surface area contributed by atoms with Gasteiger partial charge in [0, 0.05) is 11.7 Å². The first-order chi connectivity index (χ1) is 11.4. The Morgan fingerprint density at radius 1 is 1.38 bits per heavy atom. The van der Waals surface area contributed by atoms with Crippen molar-refractivity contribution in [1.29, 1.82) is 5.26 Å². The first-order valence-electron chi connectivity index (χ1n) is 7.28. The average molecular weight is 351 g/mol. The van der Waals surface area contributed by atoms with Gasteiger partial charge in [-0.15, -0.1) is 0 Å². The van der Waals surface area contributed by atoms with E-state index < -0.39 is 11.9 Å². The summed E-state index contributed by atoms with van der Waals surface area (Å²) in [5, 5.41) is 26.0. The molecule has 0 aliphatic rings. The summed E-state index contributed by atoms with van der Waals surface area (Å²) < 4.78 is 0. The third kappa shape index (κ3) is 5.57. The van der Waals surface area contributed by atoms with Crippen LogP contribution in [-0.4, -0.2) is 29.7 Å². The van der Waals surface area contributed by atoms with Crippen molar-refractivity contribution >= 4 is 29.2 Å². The molecule has 0 saturated carbocycles. The number of para-hydroxylation sites is 1. The fourth-order valence-electron chi connectivity index (χ4n) is 1.84. The largest absolute Gasteiger partial charge is 0.394 e. The van der Waals surface area contributed by atoms with E-state index >= 15 is 0 Å². The quantitative estimate of drug-likeness (QED) is 0.463. The summed E-state index contributed by atoms with van der Waals surface area (Å²) in [7, 11) is 0. The molecule has 1 atom stereocenters. The highest BCUT2D eigenvalue weighted by atomic mass is 35.5. The minimum atomic E-state index is -0.847. The zero-order chi connectivity index (χ0) is 18.1. The van der Waals surface area contributed by atoms with Crippen molar-refractivity contribution in [3.05, 3.63) is 40.6 Å². The molecule has 0 aromatic heterocycles. The van der Waals surface area contributed by atoms with E-state index in [1.807, 2.05) is 6.92 Å². The van der Waals surface area contributed by atoms with Gasteiger partial charge in [0.1, 0.15) is 11.6 Å². The molecule has 0 heterocycles. The Morgan fingerprint density at radius 2 is 2.04 bits per heavy atom. The second kappa shape index (κ2) is 9.55. The predicted octanol–water partition coefficient (Wildman–Crippen LogP) is 2.15. The number of aliphatic hydroxyl groups is 1. The van der Waals surface area contributed by atoms with Gasteiger partial charge >= 0.3 is 6.03 Å². The predicted molar refractivity (Wildman–Crippen MR) is 91.2 cm³/mol. The molecule has 0 spiro atoms. The fourth-order valence-corrected chi connectivity index (χ4v) is 2.02. The van der Waals surface area contributed by atoms with Crippen LogP contribution >= 0.6 is 11.6 Å². The standard InChI is InChI=1S/C16H19ClN4O3/c1-3-11(9-22)19-10(2)12(8-18)15(23)21-16(24)20-14-7-5-4-6-13(14)17/h4-7,11,19,22H,3,9H2,1-2H3,(H2,20,21,23,24)/b12-10-/t11-/m0/s1. The molecule has 0 unspecified atom stereocenters. The lowest BCUT2D eigenvalue weighted by molar-refractivity contribution is -0.116. The molecular formula is C16H19ClN4O3. The minimum Gasteiger partial charge on any atom is -0.394 e. The van der Waals surface area contributed by atoms with Gasteiger partial charge in [-0.1, -0.05) is 30.7 Å². The Kier molecular flexibility index (Phi) is 7.75. The van der Waals surface area contributed by atoms with E-state index in [9.17, 15) is 9.59 Å². The van der Waals surface area contributed by atoms with E-state index in [1.54, 1.807) is 30.3 Å². The van der Waals surface area contributed by atoms with Crippen molar-refractivity contribution in [3.8, 4) is 6.07 Å². The number of urea groups is 1. The molecule has 0 radical (unpaired) electrons. The number of nitrogens with one attached hydrogen (secondary N) is 3. The van der Waals surface area contributed by atoms with Crippen molar-refractivity contribution in [2.75, 3.05) is 11.9 Å². The molecule has 0 saturated heterocycles. The molecule has 0 aliphatic heterocycles. The molecule has 7 nitrogen and oxygen atoms in total. The van der Waals surface area contributed by atoms with Crippen molar-refractivity contribution in [3.63, 3.8) is 0 Å². The minimum absolute atomic E-state index is 0.138. The number of benzene rings is 1. The van der Waals surface area contributed by atoms with Crippen LogP contribution in [0.4, 0.5) is 10.5 Å². The summed E-state index contributed by atoms with van der Waals surface area (Å²) in [4.78, 5) is 23.9. The van der Waals surface area contributed by atoms with Crippen LogP contribution < -0.4 is 16.0 Å². The molecule has 3 amide bonds. The summed E-state index contributed by atoms with van der Waals surface area (Å²) in [6.45, 7) is 3.24. The fraction of sp³-hybridized carbons (Fsp3) is 0.312. The third-order valence-electron chi connectivity index (χ3n) is 3.20. The number of nitriles is 1. The van der Waals surface area contributed by atoms with Crippen LogP contribution in [0.25, 0.3) is 0 Å². The van der Waals surface area contributed by atoms with Crippen LogP contribution in [0.1, 0.15) is 20.3 Å². The Hall–Kier alpha value is -2.56. The van der Waals surface area contributed by atoms with E-state index in [2.05, 4.69) is 16.0 Å². The second-order valence-electron chi connectivity index (χ2n) is 4.93. The molecule has 1 aromatic carbocycles. The second-order valence-corrected chi connectivity index (χ2v) is 5.34. The van der Waals surface area contributed by atoms with Gasteiger partial charge in [0.05, 0.1) is 17.3 Å². The maximum atomic E-state index is 12.1. The molecule has 8 heteroatoms. The Balaban J connectivity index is 2.78. The van der Waals surface area contributed by atoms with Gasteiger partial charge in [0.2, 0.25) is 0 Å². The Labute approximate surface area is 145 Å². The van der Waals surface area contributed by atoms with Gasteiger partial charge in [-0.2, -0.15) is 5.26 Å². The van der Waals surface area contributed by atoms with Crippen LogP contribution in [0.15, 0.2) is 35.5 Å². The van der Waals surface area contributed by atoms with Crippen molar-refractivity contribution in [1.82, 2.24) is 10.6 Å². The lowest BCUT2D eigenvalue weighted by Gasteiger charge is -2.17. The highest BCUT2D eigenvalue weighted by molar-refractivity contribution is 6.33. The number of amides is 3. The number of carbonyl (C=O) groups is 2. The van der Waals surface area contributed by atoms with Gasteiger partial charge in [-0.05, 0) is 25.5 Å². The molecule has 0 bridgehead atoms. The highest BCUT2D eigenvalue weighted by Gasteiger charge is 2.17. The van der Waals surface area contributed by atoms with E-state index in [4.69, 9.17) is 22.0 Å². The van der Waals surface area contributed by atoms with Gasteiger partial charge in [-0.3, -0.25) is 10.1 Å². The van der Waals surface area contributed by atoms with Crippen LogP contribution in [0, 0.1) is 11.3 Å². The summed E-state index contributed by atoms with van der Waals surface area (Å²) >= 11 is 5.91. The summed E-state index contributed by atoms with van der Waals surface area (Å²) in [5.74, 6) is -0.847. The average Bonchev–Trinajstić information content (AvgIpc) is 2.55. The van der Waals surface area contributed by atoms with Crippen LogP contribution in [0.5, 0.6) is 0 Å². The van der Waals surface area contributed by atoms with Crippen LogP contribution in [0.3, 0.4) is 0 Å². The number of anilines is 1. The number of nitrogens with zero attached hydrogens (tertiary/aromatic N) is 1. The number of hydrogen-bond donors (Lipinski definition) is 4. The summed E-state index contributed by atoms with van der Waals surface area (Å²) in [6, 6.07) is 7.22. The van der Waals surface area contributed by atoms with Gasteiger partial charge in [0.15, 0.2) is 0 Å². The van der Waals surface area contributed by atoms with E-state index in [0.717, 1.165) is 0 Å². The lowest BCUT2D eigenvalue weighted by Crippen LogP contribution is -2.37. The number of aliphatic hydroxyl groups excluding tert-OH is 1. The van der Waals surface area contributed by atoms with E-state index in [0.29, 0.717) is 17.1 Å². The number of hydrogen-bond acceptors (Lipinski definition) is 5. The summed E-state index contributed by atoms with van der Waals surface area (Å²) in [5.41, 5.74) is 0.380. The van der Waals surface area contributed by atoms with Gasteiger partial charge in [-0.25, -0.2) is 4.79 Å². The topological polar surface area (TPSA) is 114 Å². The van der Waals surface area contributed by atoms with E-state index in [-0.39, 0.29) is 23.9 Å². The smallest absolute Gasteiger partial charge is 0.326 e. The van der Waals surface area contributed by atoms with Crippen molar-refractivity contribution < 1.29 is 14.7 Å². The number of halogens is 1. The molecule has 0 aliphatic carbocycles. The SMILES string of the molecule is CC[C@@H](CO)N/C(C)=C(/C#N)C(=O)NC(=O)Nc1ccccc1Cl. The Bertz CT molecular complexity index is 678. The highest BCUT2D eigenvalue weighted by Crippen LogP contribution is 2.20. The van der Waals surface area contributed by atoms with E-state index in [1.165, 1.54) is 6.92 Å². The maximum absolute atomic E-state index is 12.1. The third-order valence-corrected chi connectivity index (χ3v) is 3.53. The zero-order valence-electron chi connectivity index (χ0n) is 13.4. The molecular weight excluding hydrogens is 332 g/mol. The molecule has 24 heavy (non-hydrogen) atoms. The molecule has 0 fully saturated rings. The lowest BCUT2D eigenvalue weighted by atomic mass is 10.1. The Morgan fingerprint density at radius 3 is 2.58 bits per heavy atom. The number of carbonyl (C=O) groups excluding carboxylic acids is 2. The van der Waals surface area contributed by atoms with Crippen LogP contribution in [0.2, 0.25) is 5.02 Å². The molecule has 128 valence electrons. The van der Waals surface area contributed by atoms with Gasteiger partial charge in [0.25, 0.3) is 5.91 Å². The molecule has 1 aromatic rings. The van der Waals surface area contributed by atoms with Gasteiger partial charge < -0.3 is 15.7 Å². The number of allylic oxidation sites excluding steroid dienone is 1. The zero-order valence-corrected chi connectivity index (χ0v) is 14.1. The van der Waals surface area contributed by atoms with Crippen molar-refractivity contribution in [2.24, 2.45) is 0 Å². The normalized spacial score (nSPS) is 12.5. The van der Waals surface area contributed by atoms with Crippen LogP contribution in [-0.2, 0) is 4.79 Å². The number of rotatable bonds is 6. The monoisotopic (exact) mass is 350 g/mol. The maximum Gasteiger partial charge on any atom is 0.326 e. The van der Waals surface area contributed by atoms with Crippen molar-refractivity contribution in [2.45, 2.75) is 26.3 Å². The first-order valence-corrected chi connectivity index (χ1v) is 7.65.